The number of hydrogen-bond acceptors (Lipinski definition) is 1. The second kappa shape index (κ2) is 6.62. The molecule has 2 aromatic carbocycles. The number of aromatic nitrogens is 1. The lowest BCUT2D eigenvalue weighted by atomic mass is 10.0. The van der Waals surface area contributed by atoms with Gasteiger partial charge in [-0.15, -0.1) is 0 Å². The molecule has 1 aromatic heterocycles. The highest BCUT2D eigenvalue weighted by atomic mass is 15.1. The van der Waals surface area contributed by atoms with Gasteiger partial charge in [-0.2, -0.15) is 0 Å². The van der Waals surface area contributed by atoms with E-state index in [0.29, 0.717) is 0 Å². The fourth-order valence-electron chi connectivity index (χ4n) is 4.37. The van der Waals surface area contributed by atoms with E-state index >= 15 is 0 Å². The van der Waals surface area contributed by atoms with E-state index in [2.05, 4.69) is 95.4 Å². The lowest BCUT2D eigenvalue weighted by molar-refractivity contribution is 0.884. The number of anilines is 1. The van der Waals surface area contributed by atoms with Crippen LogP contribution in [0.5, 0.6) is 0 Å². The molecule has 0 radical (unpaired) electrons. The Morgan fingerprint density at radius 1 is 0.852 bits per heavy atom. The van der Waals surface area contributed by atoms with E-state index < -0.39 is 0 Å². The molecule has 5 rings (SSSR count). The quantitative estimate of drug-likeness (QED) is 0.540. The highest BCUT2D eigenvalue weighted by molar-refractivity contribution is 5.94. The Morgan fingerprint density at radius 3 is 2.56 bits per heavy atom. The summed E-state index contributed by atoms with van der Waals surface area (Å²) in [6.07, 6.45) is 15.9. The van der Waals surface area contributed by atoms with Gasteiger partial charge in [-0.05, 0) is 50.0 Å². The molecule has 2 nitrogen and oxygen atoms in total. The molecular weight excluding hydrogens is 328 g/mol. The molecule has 0 amide bonds. The van der Waals surface area contributed by atoms with E-state index in [9.17, 15) is 0 Å². The van der Waals surface area contributed by atoms with Gasteiger partial charge in [-0.3, -0.25) is 0 Å². The molecule has 134 valence electrons. The van der Waals surface area contributed by atoms with Gasteiger partial charge >= 0.3 is 0 Å². The van der Waals surface area contributed by atoms with Crippen molar-refractivity contribution in [2.75, 3.05) is 11.9 Å². The molecule has 0 atom stereocenters. The van der Waals surface area contributed by atoms with E-state index in [1.807, 2.05) is 0 Å². The van der Waals surface area contributed by atoms with Gasteiger partial charge in [-0.1, -0.05) is 54.6 Å². The smallest absolute Gasteiger partial charge is 0.0696 e. The first-order chi connectivity index (χ1) is 13.3. The van der Waals surface area contributed by atoms with Crippen molar-refractivity contribution in [3.63, 3.8) is 0 Å². The normalized spacial score (nSPS) is 15.7. The summed E-state index contributed by atoms with van der Waals surface area (Å²) in [5.74, 6) is 0. The van der Waals surface area contributed by atoms with Crippen LogP contribution in [0.1, 0.15) is 30.5 Å². The minimum Gasteiger partial charge on any atom is -0.343 e. The molecule has 0 saturated heterocycles. The molecule has 0 saturated carbocycles. The first-order valence-corrected chi connectivity index (χ1v) is 9.83. The predicted octanol–water partition coefficient (Wildman–Crippen LogP) is 6.26. The van der Waals surface area contributed by atoms with Crippen LogP contribution in [0.3, 0.4) is 0 Å². The van der Waals surface area contributed by atoms with Crippen LogP contribution < -0.4 is 4.90 Å². The minimum atomic E-state index is 1.08. The summed E-state index contributed by atoms with van der Waals surface area (Å²) in [6.45, 7) is 0. The molecule has 3 aromatic rings. The van der Waals surface area contributed by atoms with Crippen LogP contribution in [0.4, 0.5) is 5.69 Å². The van der Waals surface area contributed by atoms with Crippen LogP contribution >= 0.6 is 0 Å². The zero-order valence-electron chi connectivity index (χ0n) is 15.7. The van der Waals surface area contributed by atoms with E-state index in [1.54, 1.807) is 0 Å². The van der Waals surface area contributed by atoms with Crippen molar-refractivity contribution in [2.45, 2.75) is 25.7 Å². The number of nitrogens with zero attached hydrogens (tertiary/aromatic N) is 2. The van der Waals surface area contributed by atoms with E-state index in [0.717, 1.165) is 25.7 Å². The molecule has 0 unspecified atom stereocenters. The molecule has 2 heteroatoms. The molecule has 0 N–H and O–H groups in total. The number of rotatable bonds is 3. The Bertz CT molecular complexity index is 1090. The van der Waals surface area contributed by atoms with Crippen molar-refractivity contribution in [1.29, 1.82) is 0 Å². The van der Waals surface area contributed by atoms with Gasteiger partial charge < -0.3 is 9.47 Å². The lowest BCUT2D eigenvalue weighted by Gasteiger charge is -2.26. The number of hydrogen-bond donors (Lipinski definition) is 0. The topological polar surface area (TPSA) is 8.17 Å². The molecule has 2 aliphatic carbocycles. The van der Waals surface area contributed by atoms with Crippen LogP contribution in [0.25, 0.3) is 22.7 Å². The Kier molecular flexibility index (Phi) is 3.97. The average Bonchev–Trinajstić information content (AvgIpc) is 3.08. The molecule has 2 aliphatic rings. The van der Waals surface area contributed by atoms with Crippen LogP contribution in [-0.2, 0) is 6.42 Å². The summed E-state index contributed by atoms with van der Waals surface area (Å²) < 4.78 is 2.48. The van der Waals surface area contributed by atoms with Crippen molar-refractivity contribution < 1.29 is 0 Å². The van der Waals surface area contributed by atoms with Crippen LogP contribution in [0, 0.1) is 0 Å². The standard InChI is InChI=1S/C25H24N2/c1-26(19-11-3-2-4-12-19)24-17-9-10-18-25(24)27-22-15-7-5-13-20(22)21-14-6-8-16-23(21)27/h3,5-7,9-15,17-18H,2,4,8,16H2,1H3. The summed E-state index contributed by atoms with van der Waals surface area (Å²) in [4.78, 5) is 2.32. The molecule has 0 bridgehead atoms. The average molecular weight is 352 g/mol. The third-order valence-electron chi connectivity index (χ3n) is 5.69. The van der Waals surface area contributed by atoms with Gasteiger partial charge in [-0.25, -0.2) is 0 Å². The second-order valence-electron chi connectivity index (χ2n) is 7.31. The van der Waals surface area contributed by atoms with Gasteiger partial charge in [0.05, 0.1) is 16.9 Å². The number of benzene rings is 2. The monoisotopic (exact) mass is 352 g/mol. The predicted molar refractivity (Wildman–Crippen MR) is 115 cm³/mol. The Hall–Kier alpha value is -3.00. The SMILES string of the molecule is CN(C1=CCCC=C1)c1ccccc1-n1c2c(c3ccccc31)C=CCC2. The molecule has 0 spiro atoms. The van der Waals surface area contributed by atoms with Gasteiger partial charge in [0.15, 0.2) is 0 Å². The van der Waals surface area contributed by atoms with Gasteiger partial charge in [0.25, 0.3) is 0 Å². The van der Waals surface area contributed by atoms with E-state index in [1.165, 1.54) is 39.2 Å². The maximum atomic E-state index is 2.48. The summed E-state index contributed by atoms with van der Waals surface area (Å²) in [7, 11) is 2.18. The molecule has 27 heavy (non-hydrogen) atoms. The zero-order chi connectivity index (χ0) is 18.2. The summed E-state index contributed by atoms with van der Waals surface area (Å²) in [5, 5.41) is 1.35. The van der Waals surface area contributed by atoms with Crippen LogP contribution in [0.2, 0.25) is 0 Å². The number of para-hydroxylation sites is 3. The van der Waals surface area contributed by atoms with E-state index in [-0.39, 0.29) is 0 Å². The largest absolute Gasteiger partial charge is 0.343 e. The second-order valence-corrected chi connectivity index (χ2v) is 7.31. The molecule has 0 fully saturated rings. The highest BCUT2D eigenvalue weighted by Gasteiger charge is 2.21. The maximum Gasteiger partial charge on any atom is 0.0696 e. The number of allylic oxidation sites excluding steroid dienone is 4. The number of fused-ring (bicyclic) bond motifs is 3. The van der Waals surface area contributed by atoms with Crippen LogP contribution in [-0.4, -0.2) is 11.6 Å². The van der Waals surface area contributed by atoms with E-state index in [4.69, 9.17) is 0 Å². The van der Waals surface area contributed by atoms with Gasteiger partial charge in [0, 0.05) is 29.4 Å². The maximum absolute atomic E-state index is 2.48. The molecule has 1 heterocycles. The van der Waals surface area contributed by atoms with Crippen molar-refractivity contribution in [3.05, 3.63) is 89.8 Å². The van der Waals surface area contributed by atoms with Crippen LogP contribution in [0.15, 0.2) is 78.5 Å². The fraction of sp³-hybridized carbons (Fsp3) is 0.200. The minimum absolute atomic E-state index is 1.08. The van der Waals surface area contributed by atoms with Gasteiger partial charge in [0.2, 0.25) is 0 Å². The summed E-state index contributed by atoms with van der Waals surface area (Å²) in [6, 6.07) is 17.6. The van der Waals surface area contributed by atoms with Crippen molar-refractivity contribution in [1.82, 2.24) is 4.57 Å². The van der Waals surface area contributed by atoms with Gasteiger partial charge in [0.1, 0.15) is 0 Å². The first-order valence-electron chi connectivity index (χ1n) is 9.83. The molecule has 0 aliphatic heterocycles. The summed E-state index contributed by atoms with van der Waals surface area (Å²) >= 11 is 0. The third kappa shape index (κ3) is 2.64. The fourth-order valence-corrected chi connectivity index (χ4v) is 4.37. The third-order valence-corrected chi connectivity index (χ3v) is 5.69. The summed E-state index contributed by atoms with van der Waals surface area (Å²) in [5.41, 5.74) is 7.88. The Labute approximate surface area is 160 Å². The Balaban J connectivity index is 1.74. The first kappa shape index (κ1) is 16.2. The number of likely N-dealkylation sites (N-methyl/N-ethyl adjacent to an activating group) is 1. The Morgan fingerprint density at radius 2 is 1.67 bits per heavy atom. The lowest BCUT2D eigenvalue weighted by Crippen LogP contribution is -2.18. The van der Waals surface area contributed by atoms with Crippen molar-refractivity contribution in [2.24, 2.45) is 0 Å². The highest BCUT2D eigenvalue weighted by Crippen LogP contribution is 2.37. The van der Waals surface area contributed by atoms with Crippen molar-refractivity contribution in [3.8, 4) is 5.69 Å². The molecular formula is C25H24N2. The van der Waals surface area contributed by atoms with Crippen molar-refractivity contribution >= 4 is 22.7 Å². The zero-order valence-corrected chi connectivity index (χ0v) is 15.7.